The van der Waals surface area contributed by atoms with Crippen LogP contribution in [0.15, 0.2) is 18.2 Å². The zero-order valence-corrected chi connectivity index (χ0v) is 10.8. The molecule has 6 N–H and O–H groups in total. The summed E-state index contributed by atoms with van der Waals surface area (Å²) in [6.07, 6.45) is 0.830. The molecule has 1 rings (SSSR count). The standard InChI is InChI=1S/C9H11NO4.CH4O3S/c10-6(9(13)14)3-5-1-2-7(11)8(12)4-5;1-5(2,3)4/h1-2,4,6,11-12H,3,10H2,(H,13,14);1H3,(H,2,3,4). The number of aromatic hydroxyl groups is 2. The van der Waals surface area contributed by atoms with Gasteiger partial charge in [-0.3, -0.25) is 9.35 Å². The van der Waals surface area contributed by atoms with Gasteiger partial charge in [-0.1, -0.05) is 6.07 Å². The van der Waals surface area contributed by atoms with Crippen LogP contribution >= 0.6 is 0 Å². The average Bonchev–Trinajstić information content (AvgIpc) is 2.21. The van der Waals surface area contributed by atoms with Crippen molar-refractivity contribution in [3.63, 3.8) is 0 Å². The van der Waals surface area contributed by atoms with Crippen molar-refractivity contribution in [2.24, 2.45) is 5.73 Å². The van der Waals surface area contributed by atoms with Crippen molar-refractivity contribution in [2.45, 2.75) is 12.5 Å². The molecule has 1 aromatic carbocycles. The summed E-state index contributed by atoms with van der Waals surface area (Å²) in [5.74, 6) is -1.62. The van der Waals surface area contributed by atoms with E-state index in [1.807, 2.05) is 0 Å². The number of hydrogen-bond acceptors (Lipinski definition) is 6. The van der Waals surface area contributed by atoms with E-state index in [9.17, 15) is 13.2 Å². The predicted molar refractivity (Wildman–Crippen MR) is 66.6 cm³/mol. The Hall–Kier alpha value is -1.84. The first-order chi connectivity index (χ1) is 8.50. The Bertz CT molecular complexity index is 533. The molecule has 1 unspecified atom stereocenters. The highest BCUT2D eigenvalue weighted by Crippen LogP contribution is 2.25. The highest BCUT2D eigenvalue weighted by atomic mass is 32.2. The first-order valence-electron chi connectivity index (χ1n) is 4.92. The Labute approximate surface area is 109 Å². The zero-order valence-electron chi connectivity index (χ0n) is 10.0. The van der Waals surface area contributed by atoms with Crippen LogP contribution in [0.1, 0.15) is 5.56 Å². The molecule has 108 valence electrons. The summed E-state index contributed by atoms with van der Waals surface area (Å²) in [6, 6.07) is 3.09. The molecule has 8 nitrogen and oxygen atoms in total. The van der Waals surface area contributed by atoms with Gasteiger partial charge in [0.2, 0.25) is 0 Å². The van der Waals surface area contributed by atoms with E-state index >= 15 is 0 Å². The van der Waals surface area contributed by atoms with Crippen molar-refractivity contribution in [3.8, 4) is 11.5 Å². The normalized spacial score (nSPS) is 12.2. The van der Waals surface area contributed by atoms with Crippen LogP contribution in [0, 0.1) is 0 Å². The fraction of sp³-hybridized carbons (Fsp3) is 0.300. The summed E-state index contributed by atoms with van der Waals surface area (Å²) in [7, 11) is -3.67. The largest absolute Gasteiger partial charge is 0.504 e. The van der Waals surface area contributed by atoms with Crippen LogP contribution < -0.4 is 5.73 Å². The van der Waals surface area contributed by atoms with E-state index in [1.54, 1.807) is 0 Å². The molecule has 0 aliphatic rings. The molecule has 1 aromatic rings. The molecular weight excluding hydrogens is 278 g/mol. The molecule has 1 atom stereocenters. The summed E-state index contributed by atoms with van der Waals surface area (Å²) >= 11 is 0. The van der Waals surface area contributed by atoms with Crippen LogP contribution in [-0.2, 0) is 21.3 Å². The third-order valence-corrected chi connectivity index (χ3v) is 1.81. The molecule has 19 heavy (non-hydrogen) atoms. The van der Waals surface area contributed by atoms with E-state index in [0.717, 1.165) is 0 Å². The van der Waals surface area contributed by atoms with Crippen molar-refractivity contribution >= 4 is 16.1 Å². The zero-order chi connectivity index (χ0) is 15.2. The van der Waals surface area contributed by atoms with Crippen LogP contribution in [0.25, 0.3) is 0 Å². The lowest BCUT2D eigenvalue weighted by molar-refractivity contribution is -0.138. The maximum Gasteiger partial charge on any atom is 0.320 e. The van der Waals surface area contributed by atoms with Gasteiger partial charge in [-0.25, -0.2) is 0 Å². The lowest BCUT2D eigenvalue weighted by Crippen LogP contribution is -2.32. The van der Waals surface area contributed by atoms with Crippen LogP contribution in [0.3, 0.4) is 0 Å². The number of hydrogen-bond donors (Lipinski definition) is 5. The lowest BCUT2D eigenvalue weighted by Gasteiger charge is -2.06. The van der Waals surface area contributed by atoms with Gasteiger partial charge in [0.1, 0.15) is 6.04 Å². The first-order valence-corrected chi connectivity index (χ1v) is 6.77. The Morgan fingerprint density at radius 1 is 1.32 bits per heavy atom. The average molecular weight is 293 g/mol. The number of carbonyl (C=O) groups is 1. The second kappa shape index (κ2) is 6.92. The van der Waals surface area contributed by atoms with E-state index in [1.165, 1.54) is 18.2 Å². The number of phenolic OH excluding ortho intramolecular Hbond substituents is 2. The van der Waals surface area contributed by atoms with E-state index in [0.29, 0.717) is 11.8 Å². The van der Waals surface area contributed by atoms with Gasteiger partial charge in [0.15, 0.2) is 11.5 Å². The van der Waals surface area contributed by atoms with Gasteiger partial charge in [-0.05, 0) is 24.1 Å². The Morgan fingerprint density at radius 2 is 1.79 bits per heavy atom. The van der Waals surface area contributed by atoms with E-state index in [2.05, 4.69) is 0 Å². The van der Waals surface area contributed by atoms with Crippen molar-refractivity contribution in [1.29, 1.82) is 0 Å². The number of phenols is 2. The highest BCUT2D eigenvalue weighted by molar-refractivity contribution is 7.85. The second-order valence-electron chi connectivity index (χ2n) is 3.70. The third kappa shape index (κ3) is 8.83. The highest BCUT2D eigenvalue weighted by Gasteiger charge is 2.12. The van der Waals surface area contributed by atoms with Crippen molar-refractivity contribution in [1.82, 2.24) is 0 Å². The minimum absolute atomic E-state index is 0.114. The maximum atomic E-state index is 10.4. The maximum absolute atomic E-state index is 10.4. The van der Waals surface area contributed by atoms with Crippen molar-refractivity contribution in [3.05, 3.63) is 23.8 Å². The van der Waals surface area contributed by atoms with E-state index in [-0.39, 0.29) is 17.9 Å². The summed E-state index contributed by atoms with van der Waals surface area (Å²) in [6.45, 7) is 0. The molecule has 0 saturated carbocycles. The second-order valence-corrected chi connectivity index (χ2v) is 5.17. The molecule has 0 saturated heterocycles. The molecule has 0 heterocycles. The molecule has 0 aromatic heterocycles. The van der Waals surface area contributed by atoms with Gasteiger partial charge in [0, 0.05) is 0 Å². The Kier molecular flexibility index (Phi) is 6.25. The fourth-order valence-electron chi connectivity index (χ4n) is 1.04. The number of aliphatic carboxylic acids is 1. The van der Waals surface area contributed by atoms with Crippen molar-refractivity contribution < 1.29 is 33.1 Å². The number of carboxylic acid groups (broad SMARTS) is 1. The van der Waals surface area contributed by atoms with Gasteiger partial charge in [0.25, 0.3) is 10.1 Å². The van der Waals surface area contributed by atoms with Crippen molar-refractivity contribution in [2.75, 3.05) is 6.26 Å². The number of nitrogens with two attached hydrogens (primary N) is 1. The number of rotatable bonds is 3. The summed E-state index contributed by atoms with van der Waals surface area (Å²) < 4.78 is 25.9. The number of carboxylic acids is 1. The molecule has 0 spiro atoms. The Balaban J connectivity index is 0.000000555. The lowest BCUT2D eigenvalue weighted by atomic mass is 10.1. The quantitative estimate of drug-likeness (QED) is 0.370. The molecule has 0 fully saturated rings. The first kappa shape index (κ1) is 17.2. The van der Waals surface area contributed by atoms with Gasteiger partial charge >= 0.3 is 5.97 Å². The molecule has 0 aliphatic heterocycles. The predicted octanol–water partition coefficient (Wildman–Crippen LogP) is -0.444. The summed E-state index contributed by atoms with van der Waals surface area (Å²) in [5.41, 5.74) is 5.86. The third-order valence-electron chi connectivity index (χ3n) is 1.81. The van der Waals surface area contributed by atoms with Crippen LogP contribution in [0.4, 0.5) is 0 Å². The van der Waals surface area contributed by atoms with Gasteiger partial charge in [0.05, 0.1) is 6.26 Å². The minimum Gasteiger partial charge on any atom is -0.504 e. The monoisotopic (exact) mass is 293 g/mol. The van der Waals surface area contributed by atoms with E-state index < -0.39 is 22.1 Å². The molecule has 0 amide bonds. The Morgan fingerprint density at radius 3 is 2.16 bits per heavy atom. The smallest absolute Gasteiger partial charge is 0.320 e. The fourth-order valence-corrected chi connectivity index (χ4v) is 1.04. The SMILES string of the molecule is CS(=O)(=O)O.NC(Cc1ccc(O)c(O)c1)C(=O)O. The summed E-state index contributed by atoms with van der Waals surface area (Å²) in [5, 5.41) is 26.6. The van der Waals surface area contributed by atoms with E-state index in [4.69, 9.17) is 25.6 Å². The van der Waals surface area contributed by atoms with Gasteiger partial charge in [-0.2, -0.15) is 8.42 Å². The van der Waals surface area contributed by atoms with Gasteiger partial charge < -0.3 is 21.1 Å². The number of benzene rings is 1. The van der Waals surface area contributed by atoms with Gasteiger partial charge in [-0.15, -0.1) is 0 Å². The molecule has 0 aliphatic carbocycles. The molecule has 9 heteroatoms. The molecule has 0 bridgehead atoms. The molecular formula is C10H15NO7S. The molecule has 0 radical (unpaired) electrons. The van der Waals surface area contributed by atoms with Crippen LogP contribution in [0.5, 0.6) is 11.5 Å². The van der Waals surface area contributed by atoms with Crippen LogP contribution in [-0.4, -0.2) is 46.6 Å². The topological polar surface area (TPSA) is 158 Å². The van der Waals surface area contributed by atoms with Crippen LogP contribution in [0.2, 0.25) is 0 Å². The summed E-state index contributed by atoms with van der Waals surface area (Å²) in [4.78, 5) is 10.4. The minimum atomic E-state index is -3.67.